The highest BCUT2D eigenvalue weighted by Gasteiger charge is 2.41. The second kappa shape index (κ2) is 12.9. The van der Waals surface area contributed by atoms with Crippen molar-refractivity contribution in [3.63, 3.8) is 0 Å². The number of aryl methyl sites for hydroxylation is 1. The summed E-state index contributed by atoms with van der Waals surface area (Å²) >= 11 is 0. The van der Waals surface area contributed by atoms with Gasteiger partial charge in [-0.1, -0.05) is 30.3 Å². The van der Waals surface area contributed by atoms with Gasteiger partial charge in [0.25, 0.3) is 5.92 Å². The van der Waals surface area contributed by atoms with Crippen LogP contribution in [0.5, 0.6) is 0 Å². The zero-order chi connectivity index (χ0) is 32.6. The summed E-state index contributed by atoms with van der Waals surface area (Å²) in [6.07, 6.45) is 3.55. The lowest BCUT2D eigenvalue weighted by atomic mass is 9.88. The van der Waals surface area contributed by atoms with Gasteiger partial charge in [-0.3, -0.25) is 4.79 Å². The summed E-state index contributed by atoms with van der Waals surface area (Å²) in [7, 11) is -3.10. The number of hydrogen-bond acceptors (Lipinski definition) is 7. The van der Waals surface area contributed by atoms with Gasteiger partial charge < -0.3 is 15.5 Å². The number of aromatic nitrogens is 2. The van der Waals surface area contributed by atoms with Crippen LogP contribution in [0.3, 0.4) is 0 Å². The number of alkyl halides is 2. The van der Waals surface area contributed by atoms with Crippen molar-refractivity contribution >= 4 is 32.5 Å². The van der Waals surface area contributed by atoms with Gasteiger partial charge in [-0.15, -0.1) is 6.58 Å². The molecule has 1 atom stereocenters. The van der Waals surface area contributed by atoms with E-state index in [9.17, 15) is 13.2 Å². The first kappa shape index (κ1) is 32.4. The van der Waals surface area contributed by atoms with Crippen LogP contribution in [0.2, 0.25) is 0 Å². The van der Waals surface area contributed by atoms with Crippen LogP contribution in [-0.2, 0) is 27.0 Å². The Morgan fingerprint density at radius 2 is 1.87 bits per heavy atom. The second-order valence-corrected chi connectivity index (χ2v) is 15.3. The number of sulfone groups is 1. The lowest BCUT2D eigenvalue weighted by molar-refractivity contribution is -0.120. The van der Waals surface area contributed by atoms with Crippen LogP contribution >= 0.6 is 0 Å². The van der Waals surface area contributed by atoms with E-state index in [-0.39, 0.29) is 41.2 Å². The van der Waals surface area contributed by atoms with E-state index in [1.54, 1.807) is 6.92 Å². The number of benzene rings is 2. The molecule has 7 rings (SSSR count). The monoisotopic (exact) mass is 655 g/mol. The summed E-state index contributed by atoms with van der Waals surface area (Å²) < 4.78 is 71.5. The maximum atomic E-state index is 16.0. The second-order valence-electron chi connectivity index (χ2n) is 13.0. The number of nitrogens with one attached hydrogen (secondary N) is 2. The molecule has 2 aromatic carbocycles. The van der Waals surface area contributed by atoms with Crippen molar-refractivity contribution in [2.24, 2.45) is 5.92 Å². The molecule has 2 N–H and O–H groups in total. The minimum absolute atomic E-state index is 0.0194. The fourth-order valence-electron chi connectivity index (χ4n) is 7.01. The van der Waals surface area contributed by atoms with E-state index in [1.807, 2.05) is 12.1 Å². The number of hydrogen-bond donors (Lipinski definition) is 2. The van der Waals surface area contributed by atoms with Gasteiger partial charge in [-0.05, 0) is 68.2 Å². The van der Waals surface area contributed by atoms with Crippen molar-refractivity contribution in [2.75, 3.05) is 43.0 Å². The summed E-state index contributed by atoms with van der Waals surface area (Å²) in [6, 6.07) is 7.00. The normalized spacial score (nSPS) is 25.5. The number of nitrogens with zero attached hydrogens (tertiary/aromatic N) is 3. The van der Waals surface area contributed by atoms with E-state index in [0.717, 1.165) is 31.0 Å². The van der Waals surface area contributed by atoms with Gasteiger partial charge in [0.05, 0.1) is 35.0 Å². The molecule has 0 saturated carbocycles. The molecule has 2 saturated heterocycles. The molecule has 46 heavy (non-hydrogen) atoms. The SMILES string of the molecule is C=C[C@H]1Nc2nc(C)nc3c(cc(C4CCS(=O)(=O)CC4)cc23)CC(=O)NCCCCN2CC(C2)CC(F)(F)c2cccc1c2F. The van der Waals surface area contributed by atoms with Gasteiger partial charge in [-0.25, -0.2) is 31.6 Å². The Labute approximate surface area is 267 Å². The van der Waals surface area contributed by atoms with Crippen LogP contribution < -0.4 is 10.6 Å². The molecule has 8 nitrogen and oxygen atoms in total. The first-order valence-corrected chi connectivity index (χ1v) is 17.8. The number of carbonyl (C=O) groups excluding carboxylic acids is 1. The van der Waals surface area contributed by atoms with Crippen molar-refractivity contribution in [1.29, 1.82) is 0 Å². The van der Waals surface area contributed by atoms with Crippen LogP contribution in [0.15, 0.2) is 43.0 Å². The first-order valence-electron chi connectivity index (χ1n) is 16.0. The highest BCUT2D eigenvalue weighted by atomic mass is 32.2. The predicted molar refractivity (Wildman–Crippen MR) is 172 cm³/mol. The summed E-state index contributed by atoms with van der Waals surface area (Å²) in [4.78, 5) is 24.6. The Hall–Kier alpha value is -3.51. The highest BCUT2D eigenvalue weighted by Crippen LogP contribution is 2.41. The van der Waals surface area contributed by atoms with Crippen molar-refractivity contribution < 1.29 is 26.4 Å². The maximum Gasteiger partial charge on any atom is 0.276 e. The zero-order valence-corrected chi connectivity index (χ0v) is 26.8. The molecule has 8 bridgehead atoms. The maximum absolute atomic E-state index is 16.0. The standard InChI is InChI=1S/C34H40F3N5O3S/c1-3-29-26-7-6-8-28(31(26)35)34(36,37)18-22-19-42(20-22)12-5-4-11-38-30(43)17-25-15-24(23-9-13-46(44,45)14-10-23)16-27-32(25)39-21(2)40-33(27)41-29/h3,6-8,15-16,22-23,29H,1,4-5,9-14,17-20H2,2H3,(H,38,43)(H,39,40,41)/t29-/m1/s1. The molecule has 4 aliphatic heterocycles. The molecule has 246 valence electrons. The largest absolute Gasteiger partial charge is 0.359 e. The summed E-state index contributed by atoms with van der Waals surface area (Å²) in [5.74, 6) is -3.86. The third-order valence-corrected chi connectivity index (χ3v) is 11.2. The fourth-order valence-corrected chi connectivity index (χ4v) is 8.50. The van der Waals surface area contributed by atoms with Gasteiger partial charge in [0, 0.05) is 37.0 Å². The quantitative estimate of drug-likeness (QED) is 0.348. The summed E-state index contributed by atoms with van der Waals surface area (Å²) in [6.45, 7) is 7.89. The molecular weight excluding hydrogens is 615 g/mol. The number of rotatable bonds is 2. The third kappa shape index (κ3) is 6.92. The average molecular weight is 656 g/mol. The molecule has 5 heterocycles. The first-order chi connectivity index (χ1) is 21.9. The molecule has 0 spiro atoms. The highest BCUT2D eigenvalue weighted by molar-refractivity contribution is 7.91. The van der Waals surface area contributed by atoms with E-state index in [2.05, 4.69) is 32.1 Å². The lowest BCUT2D eigenvalue weighted by Crippen LogP contribution is -2.48. The number of carbonyl (C=O) groups is 1. The summed E-state index contributed by atoms with van der Waals surface area (Å²) in [5, 5.41) is 6.81. The number of anilines is 1. The number of halogens is 3. The van der Waals surface area contributed by atoms with Crippen LogP contribution in [0.1, 0.15) is 72.1 Å². The zero-order valence-electron chi connectivity index (χ0n) is 26.0. The molecule has 4 aliphatic rings. The Kier molecular flexibility index (Phi) is 9.13. The van der Waals surface area contributed by atoms with Crippen LogP contribution in [-0.4, -0.2) is 66.9 Å². The molecular formula is C34H40F3N5O3S. The van der Waals surface area contributed by atoms with Crippen molar-refractivity contribution in [1.82, 2.24) is 20.2 Å². The fraction of sp³-hybridized carbons (Fsp3) is 0.500. The van der Waals surface area contributed by atoms with Gasteiger partial charge in [0.1, 0.15) is 27.3 Å². The van der Waals surface area contributed by atoms with E-state index in [4.69, 9.17) is 0 Å². The molecule has 0 radical (unpaired) electrons. The van der Waals surface area contributed by atoms with Gasteiger partial charge >= 0.3 is 0 Å². The van der Waals surface area contributed by atoms with Crippen molar-refractivity contribution in [2.45, 2.75) is 63.3 Å². The van der Waals surface area contributed by atoms with E-state index >= 15 is 13.2 Å². The summed E-state index contributed by atoms with van der Waals surface area (Å²) in [5.41, 5.74) is 1.47. The Bertz CT molecular complexity index is 1750. The molecule has 2 fully saturated rings. The van der Waals surface area contributed by atoms with Crippen LogP contribution in [0.4, 0.5) is 19.0 Å². The van der Waals surface area contributed by atoms with E-state index < -0.39 is 39.6 Å². The van der Waals surface area contributed by atoms with Crippen LogP contribution in [0, 0.1) is 18.7 Å². The topological polar surface area (TPSA) is 104 Å². The smallest absolute Gasteiger partial charge is 0.276 e. The van der Waals surface area contributed by atoms with E-state index in [0.29, 0.717) is 60.6 Å². The van der Waals surface area contributed by atoms with Crippen LogP contribution in [0.25, 0.3) is 10.9 Å². The number of amides is 1. The molecule has 3 aromatic rings. The minimum atomic E-state index is -3.35. The lowest BCUT2D eigenvalue weighted by Gasteiger charge is -2.41. The number of fused-ring (bicyclic) bond motifs is 8. The Morgan fingerprint density at radius 3 is 2.61 bits per heavy atom. The van der Waals surface area contributed by atoms with E-state index in [1.165, 1.54) is 18.2 Å². The van der Waals surface area contributed by atoms with Crippen molar-refractivity contribution in [3.05, 3.63) is 76.9 Å². The molecule has 12 heteroatoms. The Balaban J connectivity index is 1.44. The van der Waals surface area contributed by atoms with Crippen molar-refractivity contribution in [3.8, 4) is 0 Å². The van der Waals surface area contributed by atoms with Gasteiger partial charge in [-0.2, -0.15) is 0 Å². The molecule has 0 aliphatic carbocycles. The Morgan fingerprint density at radius 1 is 1.11 bits per heavy atom. The van der Waals surface area contributed by atoms with Gasteiger partial charge in [0.2, 0.25) is 5.91 Å². The molecule has 1 aromatic heterocycles. The minimum Gasteiger partial charge on any atom is -0.359 e. The van der Waals surface area contributed by atoms with Gasteiger partial charge in [0.15, 0.2) is 0 Å². The predicted octanol–water partition coefficient (Wildman–Crippen LogP) is 5.57. The third-order valence-electron chi connectivity index (χ3n) is 9.48. The molecule has 1 amide bonds. The molecule has 0 unspecified atom stereocenters. The average Bonchev–Trinajstić information content (AvgIpc) is 2.98.